The third kappa shape index (κ3) is 4.25. The topological polar surface area (TPSA) is 82.7 Å². The van der Waals surface area contributed by atoms with Crippen molar-refractivity contribution in [3.05, 3.63) is 58.8 Å². The lowest BCUT2D eigenvalue weighted by Crippen LogP contribution is -2.27. The van der Waals surface area contributed by atoms with E-state index in [1.54, 1.807) is 12.3 Å². The zero-order valence-electron chi connectivity index (χ0n) is 15.9. The highest BCUT2D eigenvalue weighted by atomic mass is 16.3. The smallest absolute Gasteiger partial charge is 0.224 e. The summed E-state index contributed by atoms with van der Waals surface area (Å²) < 4.78 is 5.63. The normalized spacial score (nSPS) is 11.3. The van der Waals surface area contributed by atoms with Crippen molar-refractivity contribution in [2.45, 2.75) is 39.5 Å². The van der Waals surface area contributed by atoms with E-state index < -0.39 is 0 Å². The molecule has 27 heavy (non-hydrogen) atoms. The maximum absolute atomic E-state index is 12.3. The van der Waals surface area contributed by atoms with Gasteiger partial charge in [0.05, 0.1) is 12.7 Å². The first-order valence-corrected chi connectivity index (χ1v) is 9.13. The molecule has 1 amide bonds. The minimum atomic E-state index is -0.153. The third-order valence-electron chi connectivity index (χ3n) is 4.79. The number of furan rings is 1. The van der Waals surface area contributed by atoms with Gasteiger partial charge in [-0.2, -0.15) is 0 Å². The number of aryl methyl sites for hydroxylation is 1. The van der Waals surface area contributed by atoms with Crippen molar-refractivity contribution < 1.29 is 19.4 Å². The van der Waals surface area contributed by atoms with Crippen LogP contribution in [-0.4, -0.2) is 22.7 Å². The highest BCUT2D eigenvalue weighted by Gasteiger charge is 2.14. The van der Waals surface area contributed by atoms with Crippen LogP contribution in [0.15, 0.2) is 41.0 Å². The lowest BCUT2D eigenvalue weighted by atomic mass is 9.95. The van der Waals surface area contributed by atoms with Crippen LogP contribution in [0, 0.1) is 6.92 Å². The molecule has 0 saturated heterocycles. The van der Waals surface area contributed by atoms with Crippen molar-refractivity contribution in [3.8, 4) is 11.5 Å². The molecular formula is C22H25NO4. The summed E-state index contributed by atoms with van der Waals surface area (Å²) in [6, 6.07) is 8.82. The number of nitrogens with one attached hydrogen (secondary N) is 1. The molecule has 1 heterocycles. The van der Waals surface area contributed by atoms with Gasteiger partial charge < -0.3 is 19.9 Å². The predicted molar refractivity (Wildman–Crippen MR) is 105 cm³/mol. The van der Waals surface area contributed by atoms with Gasteiger partial charge in [-0.1, -0.05) is 19.9 Å². The number of rotatable bonds is 6. The summed E-state index contributed by atoms with van der Waals surface area (Å²) in [5.41, 5.74) is 4.99. The van der Waals surface area contributed by atoms with E-state index in [2.05, 4.69) is 32.2 Å². The number of hydrogen-bond donors (Lipinski definition) is 3. The Morgan fingerprint density at radius 3 is 2.63 bits per heavy atom. The average molecular weight is 367 g/mol. The third-order valence-corrected chi connectivity index (χ3v) is 4.79. The summed E-state index contributed by atoms with van der Waals surface area (Å²) in [7, 11) is 0. The number of phenols is 2. The van der Waals surface area contributed by atoms with E-state index in [1.165, 1.54) is 23.3 Å². The van der Waals surface area contributed by atoms with Crippen molar-refractivity contribution in [2.75, 3.05) is 6.54 Å². The molecule has 0 bridgehead atoms. The van der Waals surface area contributed by atoms with Gasteiger partial charge in [0.1, 0.15) is 5.58 Å². The molecule has 3 N–H and O–H groups in total. The summed E-state index contributed by atoms with van der Waals surface area (Å²) in [6.07, 6.45) is 2.49. The number of aromatic hydroxyl groups is 2. The molecule has 2 aromatic carbocycles. The van der Waals surface area contributed by atoms with Crippen molar-refractivity contribution in [2.24, 2.45) is 0 Å². The summed E-state index contributed by atoms with van der Waals surface area (Å²) >= 11 is 0. The minimum Gasteiger partial charge on any atom is -0.504 e. The van der Waals surface area contributed by atoms with E-state index in [4.69, 9.17) is 4.42 Å². The maximum atomic E-state index is 12.3. The number of benzene rings is 2. The highest BCUT2D eigenvalue weighted by molar-refractivity contribution is 5.88. The number of carbonyl (C=O) groups excluding carboxylic acids is 1. The van der Waals surface area contributed by atoms with E-state index in [1.807, 2.05) is 6.07 Å². The van der Waals surface area contributed by atoms with Crippen molar-refractivity contribution in [1.29, 1.82) is 0 Å². The van der Waals surface area contributed by atoms with Gasteiger partial charge in [0.25, 0.3) is 0 Å². The van der Waals surface area contributed by atoms with Gasteiger partial charge in [-0.05, 0) is 60.2 Å². The van der Waals surface area contributed by atoms with Gasteiger partial charge in [0.2, 0.25) is 5.91 Å². The van der Waals surface area contributed by atoms with Crippen LogP contribution in [0.25, 0.3) is 11.0 Å². The largest absolute Gasteiger partial charge is 0.504 e. The molecule has 142 valence electrons. The Labute approximate surface area is 158 Å². The van der Waals surface area contributed by atoms with Gasteiger partial charge in [-0.3, -0.25) is 4.79 Å². The minimum absolute atomic E-state index is 0.0765. The zero-order chi connectivity index (χ0) is 19.6. The first kappa shape index (κ1) is 18.8. The van der Waals surface area contributed by atoms with E-state index in [0.717, 1.165) is 22.1 Å². The molecule has 0 aliphatic heterocycles. The fourth-order valence-corrected chi connectivity index (χ4v) is 3.31. The molecule has 3 rings (SSSR count). The number of fused-ring (bicyclic) bond motifs is 1. The summed E-state index contributed by atoms with van der Waals surface area (Å²) in [5, 5.41) is 22.7. The molecule has 0 aliphatic rings. The number of hydrogen-bond acceptors (Lipinski definition) is 4. The lowest BCUT2D eigenvalue weighted by Gasteiger charge is -2.10. The Hall–Kier alpha value is -2.95. The Morgan fingerprint density at radius 1 is 1.15 bits per heavy atom. The molecule has 0 spiro atoms. The van der Waals surface area contributed by atoms with Crippen LogP contribution in [0.2, 0.25) is 0 Å². The second-order valence-electron chi connectivity index (χ2n) is 7.22. The summed E-state index contributed by atoms with van der Waals surface area (Å²) in [4.78, 5) is 12.3. The molecule has 0 saturated carbocycles. The molecule has 0 aliphatic carbocycles. The van der Waals surface area contributed by atoms with Crippen LogP contribution >= 0.6 is 0 Å². The average Bonchev–Trinajstić information content (AvgIpc) is 2.98. The van der Waals surface area contributed by atoms with Gasteiger partial charge in [0, 0.05) is 17.5 Å². The molecule has 1 aromatic heterocycles. The number of phenolic OH excluding ortho intramolecular Hbond substituents is 2. The predicted octanol–water partition coefficient (Wildman–Crippen LogP) is 4.18. The summed E-state index contributed by atoms with van der Waals surface area (Å²) in [5.74, 6) is 0.0330. The second kappa shape index (κ2) is 7.74. The molecule has 0 unspecified atom stereocenters. The fourth-order valence-electron chi connectivity index (χ4n) is 3.31. The van der Waals surface area contributed by atoms with Gasteiger partial charge in [-0.15, -0.1) is 0 Å². The molecular weight excluding hydrogens is 342 g/mol. The Balaban J connectivity index is 1.63. The molecule has 0 fully saturated rings. The van der Waals surface area contributed by atoms with Gasteiger partial charge in [-0.25, -0.2) is 0 Å². The molecule has 0 radical (unpaired) electrons. The number of carbonyl (C=O) groups is 1. The van der Waals surface area contributed by atoms with Crippen molar-refractivity contribution >= 4 is 16.9 Å². The van der Waals surface area contributed by atoms with Crippen LogP contribution in [0.4, 0.5) is 0 Å². The second-order valence-corrected chi connectivity index (χ2v) is 7.22. The molecule has 5 heteroatoms. The van der Waals surface area contributed by atoms with Crippen LogP contribution < -0.4 is 5.32 Å². The van der Waals surface area contributed by atoms with Gasteiger partial charge in [0.15, 0.2) is 11.5 Å². The lowest BCUT2D eigenvalue weighted by molar-refractivity contribution is -0.120. The van der Waals surface area contributed by atoms with Gasteiger partial charge >= 0.3 is 0 Å². The van der Waals surface area contributed by atoms with Crippen molar-refractivity contribution in [1.82, 2.24) is 5.32 Å². The molecule has 3 aromatic rings. The van der Waals surface area contributed by atoms with E-state index >= 15 is 0 Å². The maximum Gasteiger partial charge on any atom is 0.224 e. The van der Waals surface area contributed by atoms with Crippen LogP contribution in [0.1, 0.15) is 42.0 Å². The first-order valence-electron chi connectivity index (χ1n) is 9.13. The SMILES string of the molecule is Cc1cc2occ(CC(=O)NCCc3ccc(O)c(O)c3)c2cc1C(C)C. The van der Waals surface area contributed by atoms with Crippen LogP contribution in [0.3, 0.4) is 0 Å². The standard InChI is InChI=1S/C22H25NO4/c1-13(2)17-11-18-16(12-27-21(18)8-14(17)3)10-22(26)23-7-6-15-4-5-19(24)20(25)9-15/h4-5,8-9,11-13,24-25H,6-7,10H2,1-3H3,(H,23,26). The first-order chi connectivity index (χ1) is 12.8. The number of amides is 1. The zero-order valence-corrected chi connectivity index (χ0v) is 15.9. The van der Waals surface area contributed by atoms with E-state index in [-0.39, 0.29) is 23.8 Å². The van der Waals surface area contributed by atoms with Crippen molar-refractivity contribution in [3.63, 3.8) is 0 Å². The van der Waals surface area contributed by atoms with E-state index in [9.17, 15) is 15.0 Å². The fraction of sp³-hybridized carbons (Fsp3) is 0.318. The van der Waals surface area contributed by atoms with Crippen LogP contribution in [-0.2, 0) is 17.6 Å². The molecule has 0 atom stereocenters. The monoisotopic (exact) mass is 367 g/mol. The quantitative estimate of drug-likeness (QED) is 0.571. The Kier molecular flexibility index (Phi) is 5.40. The van der Waals surface area contributed by atoms with Crippen LogP contribution in [0.5, 0.6) is 11.5 Å². The Bertz CT molecular complexity index is 972. The summed E-state index contributed by atoms with van der Waals surface area (Å²) in [6.45, 7) is 6.84. The highest BCUT2D eigenvalue weighted by Crippen LogP contribution is 2.29. The Morgan fingerprint density at radius 2 is 1.93 bits per heavy atom. The molecule has 5 nitrogen and oxygen atoms in total. The van der Waals surface area contributed by atoms with E-state index in [0.29, 0.717) is 18.9 Å².